The second kappa shape index (κ2) is 6.27. The minimum Gasteiger partial charge on any atom is -0.491 e. The first-order valence-electron chi connectivity index (χ1n) is 7.05. The Bertz CT molecular complexity index is 471. The number of hydrogen-bond acceptors (Lipinski definition) is 4. The van der Waals surface area contributed by atoms with Gasteiger partial charge in [-0.3, -0.25) is 10.1 Å². The molecule has 0 bridgehead atoms. The van der Waals surface area contributed by atoms with E-state index in [1.807, 2.05) is 13.8 Å². The van der Waals surface area contributed by atoms with Crippen LogP contribution < -0.4 is 10.1 Å². The zero-order valence-electron chi connectivity index (χ0n) is 12.7. The van der Waals surface area contributed by atoms with E-state index in [0.29, 0.717) is 12.6 Å². The maximum atomic E-state index is 11.8. The van der Waals surface area contributed by atoms with E-state index in [4.69, 9.17) is 9.47 Å². The Morgan fingerprint density at radius 1 is 1.30 bits per heavy atom. The average Bonchev–Trinajstić information content (AvgIpc) is 3.19. The first kappa shape index (κ1) is 14.9. The van der Waals surface area contributed by atoms with Crippen molar-refractivity contribution >= 4 is 5.97 Å². The van der Waals surface area contributed by atoms with Crippen LogP contribution in [0.5, 0.6) is 5.75 Å². The SMILES string of the molecule is COC(=O)C(COc1c(C)cc(C)cc1C)NC1CC1. The Labute approximate surface area is 120 Å². The Kier molecular flexibility index (Phi) is 4.65. The zero-order valence-corrected chi connectivity index (χ0v) is 12.7. The first-order chi connectivity index (χ1) is 9.51. The molecule has 1 aliphatic carbocycles. The fourth-order valence-corrected chi connectivity index (χ4v) is 2.42. The van der Waals surface area contributed by atoms with E-state index in [1.54, 1.807) is 0 Å². The van der Waals surface area contributed by atoms with Gasteiger partial charge in [0.15, 0.2) is 0 Å². The van der Waals surface area contributed by atoms with Gasteiger partial charge in [0, 0.05) is 6.04 Å². The van der Waals surface area contributed by atoms with Gasteiger partial charge in [-0.05, 0) is 44.7 Å². The predicted octanol–water partition coefficient (Wildman–Crippen LogP) is 2.28. The number of carbonyl (C=O) groups excluding carboxylic acids is 1. The summed E-state index contributed by atoms with van der Waals surface area (Å²) in [6.45, 7) is 6.41. The highest BCUT2D eigenvalue weighted by Gasteiger charge is 2.29. The molecule has 4 heteroatoms. The van der Waals surface area contributed by atoms with Crippen LogP contribution in [0.15, 0.2) is 12.1 Å². The summed E-state index contributed by atoms with van der Waals surface area (Å²) in [5, 5.41) is 3.26. The van der Waals surface area contributed by atoms with Crippen LogP contribution in [0.1, 0.15) is 29.5 Å². The minimum atomic E-state index is -0.396. The second-order valence-corrected chi connectivity index (χ2v) is 5.56. The van der Waals surface area contributed by atoms with Crippen molar-refractivity contribution in [3.05, 3.63) is 28.8 Å². The lowest BCUT2D eigenvalue weighted by Gasteiger charge is -2.19. The second-order valence-electron chi connectivity index (χ2n) is 5.56. The fourth-order valence-electron chi connectivity index (χ4n) is 2.42. The van der Waals surface area contributed by atoms with Gasteiger partial charge in [0.05, 0.1) is 7.11 Å². The maximum absolute atomic E-state index is 11.8. The van der Waals surface area contributed by atoms with Crippen molar-refractivity contribution in [2.45, 2.75) is 45.7 Å². The molecule has 0 radical (unpaired) electrons. The summed E-state index contributed by atoms with van der Waals surface area (Å²) in [5.41, 5.74) is 3.41. The molecule has 1 unspecified atom stereocenters. The highest BCUT2D eigenvalue weighted by molar-refractivity contribution is 5.76. The summed E-state index contributed by atoms with van der Waals surface area (Å²) in [6, 6.07) is 4.21. The minimum absolute atomic E-state index is 0.265. The van der Waals surface area contributed by atoms with Crippen LogP contribution in [0.4, 0.5) is 0 Å². The van der Waals surface area contributed by atoms with Crippen molar-refractivity contribution in [1.82, 2.24) is 5.32 Å². The van der Waals surface area contributed by atoms with Gasteiger partial charge in [-0.15, -0.1) is 0 Å². The van der Waals surface area contributed by atoms with Gasteiger partial charge in [-0.2, -0.15) is 0 Å². The molecule has 20 heavy (non-hydrogen) atoms. The summed E-state index contributed by atoms with van der Waals surface area (Å²) < 4.78 is 10.7. The molecule has 1 N–H and O–H groups in total. The lowest BCUT2D eigenvalue weighted by molar-refractivity contribution is -0.144. The van der Waals surface area contributed by atoms with Gasteiger partial charge >= 0.3 is 5.97 Å². The molecule has 4 nitrogen and oxygen atoms in total. The summed E-state index contributed by atoms with van der Waals surface area (Å²) >= 11 is 0. The van der Waals surface area contributed by atoms with Crippen LogP contribution in [0, 0.1) is 20.8 Å². The number of methoxy groups -OCH3 is 1. The molecule has 1 aliphatic rings. The van der Waals surface area contributed by atoms with Crippen LogP contribution in [-0.2, 0) is 9.53 Å². The quantitative estimate of drug-likeness (QED) is 0.810. The highest BCUT2D eigenvalue weighted by atomic mass is 16.5. The predicted molar refractivity (Wildman–Crippen MR) is 78.1 cm³/mol. The van der Waals surface area contributed by atoms with Gasteiger partial charge in [-0.25, -0.2) is 0 Å². The molecule has 1 saturated carbocycles. The number of esters is 1. The Morgan fingerprint density at radius 2 is 1.90 bits per heavy atom. The van der Waals surface area contributed by atoms with Gasteiger partial charge in [0.25, 0.3) is 0 Å². The molecule has 0 spiro atoms. The smallest absolute Gasteiger partial charge is 0.326 e. The summed E-state index contributed by atoms with van der Waals surface area (Å²) in [7, 11) is 1.41. The van der Waals surface area contributed by atoms with E-state index in [-0.39, 0.29) is 5.97 Å². The van der Waals surface area contributed by atoms with Crippen LogP contribution in [0.3, 0.4) is 0 Å². The number of rotatable bonds is 6. The van der Waals surface area contributed by atoms with Gasteiger partial charge < -0.3 is 9.47 Å². The van der Waals surface area contributed by atoms with Gasteiger partial charge in [-0.1, -0.05) is 17.7 Å². The maximum Gasteiger partial charge on any atom is 0.326 e. The van der Waals surface area contributed by atoms with Crippen molar-refractivity contribution in [3.63, 3.8) is 0 Å². The van der Waals surface area contributed by atoms with Crippen molar-refractivity contribution in [1.29, 1.82) is 0 Å². The molecule has 0 aromatic heterocycles. The topological polar surface area (TPSA) is 47.6 Å². The molecular weight excluding hydrogens is 254 g/mol. The normalized spacial score (nSPS) is 15.8. The molecule has 1 aromatic rings. The molecule has 2 rings (SSSR count). The van der Waals surface area contributed by atoms with Gasteiger partial charge in [0.2, 0.25) is 0 Å². The molecule has 0 saturated heterocycles. The number of ether oxygens (including phenoxy) is 2. The molecule has 0 amide bonds. The Morgan fingerprint density at radius 3 is 2.40 bits per heavy atom. The van der Waals surface area contributed by atoms with Crippen LogP contribution in [-0.4, -0.2) is 31.8 Å². The Balaban J connectivity index is 2.03. The van der Waals surface area contributed by atoms with Crippen molar-refractivity contribution in [2.24, 2.45) is 0 Å². The number of hydrogen-bond donors (Lipinski definition) is 1. The third kappa shape index (κ3) is 3.73. The number of benzene rings is 1. The van der Waals surface area contributed by atoms with E-state index in [9.17, 15) is 4.79 Å². The third-order valence-corrected chi connectivity index (χ3v) is 3.50. The van der Waals surface area contributed by atoms with Crippen molar-refractivity contribution < 1.29 is 14.3 Å². The van der Waals surface area contributed by atoms with E-state index in [1.165, 1.54) is 12.7 Å². The van der Waals surface area contributed by atoms with E-state index < -0.39 is 6.04 Å². The van der Waals surface area contributed by atoms with Crippen molar-refractivity contribution in [3.8, 4) is 5.75 Å². The number of nitrogens with one attached hydrogen (secondary N) is 1. The van der Waals surface area contributed by atoms with E-state index >= 15 is 0 Å². The van der Waals surface area contributed by atoms with Crippen LogP contribution in [0.25, 0.3) is 0 Å². The monoisotopic (exact) mass is 277 g/mol. The lowest BCUT2D eigenvalue weighted by Crippen LogP contribution is -2.43. The molecular formula is C16H23NO3. The van der Waals surface area contributed by atoms with Gasteiger partial charge in [0.1, 0.15) is 18.4 Å². The molecule has 1 fully saturated rings. The molecule has 110 valence electrons. The van der Waals surface area contributed by atoms with E-state index in [2.05, 4.69) is 24.4 Å². The van der Waals surface area contributed by atoms with Crippen LogP contribution in [0.2, 0.25) is 0 Å². The lowest BCUT2D eigenvalue weighted by atomic mass is 10.1. The first-order valence-corrected chi connectivity index (χ1v) is 7.05. The highest BCUT2D eigenvalue weighted by Crippen LogP contribution is 2.25. The molecule has 0 heterocycles. The summed E-state index contributed by atoms with van der Waals surface area (Å²) in [6.07, 6.45) is 2.24. The summed E-state index contributed by atoms with van der Waals surface area (Å²) in [4.78, 5) is 11.8. The molecule has 0 aliphatic heterocycles. The molecule has 1 aromatic carbocycles. The van der Waals surface area contributed by atoms with E-state index in [0.717, 1.165) is 29.7 Å². The zero-order chi connectivity index (χ0) is 14.7. The standard InChI is InChI=1S/C16H23NO3/c1-10-7-11(2)15(12(3)8-10)20-9-14(16(18)19-4)17-13-5-6-13/h7-8,13-14,17H,5-6,9H2,1-4H3. The largest absolute Gasteiger partial charge is 0.491 e. The number of aryl methyl sites for hydroxylation is 3. The number of carbonyl (C=O) groups is 1. The molecule has 1 atom stereocenters. The van der Waals surface area contributed by atoms with Crippen molar-refractivity contribution in [2.75, 3.05) is 13.7 Å². The van der Waals surface area contributed by atoms with Crippen LogP contribution >= 0.6 is 0 Å². The average molecular weight is 277 g/mol. The fraction of sp³-hybridized carbons (Fsp3) is 0.562. The third-order valence-electron chi connectivity index (χ3n) is 3.50. The summed E-state index contributed by atoms with van der Waals surface area (Å²) in [5.74, 6) is 0.599. The Hall–Kier alpha value is -1.55.